The first-order valence-electron chi connectivity index (χ1n) is 5.26. The molecule has 0 aromatic heterocycles. The minimum absolute atomic E-state index is 0.0291. The van der Waals surface area contributed by atoms with Gasteiger partial charge in [-0.3, -0.25) is 15.0 Å². The minimum Gasteiger partial charge on any atom is -0.324 e. The Kier molecular flexibility index (Phi) is 4.34. The van der Waals surface area contributed by atoms with E-state index in [1.54, 1.807) is 12.1 Å². The Balaban J connectivity index is 2.08. The maximum Gasteiger partial charge on any atom is 0.238 e. The second kappa shape index (κ2) is 5.81. The molecule has 2 rings (SSSR count). The van der Waals surface area contributed by atoms with Crippen LogP contribution < -0.4 is 10.6 Å². The summed E-state index contributed by atoms with van der Waals surface area (Å²) in [6.45, 7) is 0. The molecule has 1 aromatic rings. The van der Waals surface area contributed by atoms with E-state index in [0.717, 1.165) is 11.8 Å². The summed E-state index contributed by atoms with van der Waals surface area (Å²) in [5.41, 5.74) is 0.425. The van der Waals surface area contributed by atoms with E-state index in [0.29, 0.717) is 15.7 Å². The van der Waals surface area contributed by atoms with Gasteiger partial charge >= 0.3 is 0 Å². The highest BCUT2D eigenvalue weighted by Gasteiger charge is 2.29. The predicted molar refractivity (Wildman–Crippen MR) is 77.0 cm³/mol. The molecular weight excluding hydrogens is 309 g/mol. The van der Waals surface area contributed by atoms with Gasteiger partial charge in [0.1, 0.15) is 5.25 Å². The van der Waals surface area contributed by atoms with Crippen molar-refractivity contribution < 1.29 is 9.59 Å². The molecule has 1 aromatic carbocycles. The van der Waals surface area contributed by atoms with Crippen LogP contribution >= 0.6 is 35.0 Å². The molecule has 1 saturated heterocycles. The summed E-state index contributed by atoms with van der Waals surface area (Å²) in [5.74, 6) is -0.708. The van der Waals surface area contributed by atoms with E-state index in [1.165, 1.54) is 6.07 Å². The number of amidine groups is 1. The molecule has 1 unspecified atom stereocenters. The largest absolute Gasteiger partial charge is 0.324 e. The average Bonchev–Trinajstić information content (AvgIpc) is 2.31. The number of benzene rings is 1. The quantitative estimate of drug-likeness (QED) is 0.783. The summed E-state index contributed by atoms with van der Waals surface area (Å²) in [6.07, 6.45) is 0.0318. The summed E-state index contributed by atoms with van der Waals surface area (Å²) >= 11 is 12.7. The zero-order valence-corrected chi connectivity index (χ0v) is 11.8. The van der Waals surface area contributed by atoms with Crippen LogP contribution in [0.15, 0.2) is 18.2 Å². The van der Waals surface area contributed by atoms with Gasteiger partial charge in [-0.25, -0.2) is 0 Å². The van der Waals surface area contributed by atoms with E-state index in [2.05, 4.69) is 10.6 Å². The Bertz CT molecular complexity index is 549. The van der Waals surface area contributed by atoms with Crippen LogP contribution in [0.5, 0.6) is 0 Å². The van der Waals surface area contributed by atoms with Crippen molar-refractivity contribution in [1.29, 1.82) is 5.41 Å². The van der Waals surface area contributed by atoms with Crippen molar-refractivity contribution in [2.45, 2.75) is 11.7 Å². The summed E-state index contributed by atoms with van der Waals surface area (Å²) in [6, 6.07) is 4.70. The van der Waals surface area contributed by atoms with Crippen LogP contribution in [-0.2, 0) is 9.59 Å². The molecule has 0 saturated carbocycles. The van der Waals surface area contributed by atoms with Gasteiger partial charge in [0.05, 0.1) is 10.7 Å². The Morgan fingerprint density at radius 2 is 2.21 bits per heavy atom. The van der Waals surface area contributed by atoms with E-state index in [-0.39, 0.29) is 23.4 Å². The molecule has 100 valence electrons. The zero-order chi connectivity index (χ0) is 14.0. The lowest BCUT2D eigenvalue weighted by molar-refractivity contribution is -0.123. The van der Waals surface area contributed by atoms with Crippen LogP contribution in [0.3, 0.4) is 0 Å². The summed E-state index contributed by atoms with van der Waals surface area (Å²) in [7, 11) is 0. The van der Waals surface area contributed by atoms with Gasteiger partial charge in [-0.1, -0.05) is 35.0 Å². The van der Waals surface area contributed by atoms with Crippen LogP contribution in [0.25, 0.3) is 0 Å². The third-order valence-electron chi connectivity index (χ3n) is 2.37. The Morgan fingerprint density at radius 1 is 1.47 bits per heavy atom. The topological polar surface area (TPSA) is 82.1 Å². The fourth-order valence-corrected chi connectivity index (χ4v) is 2.82. The Morgan fingerprint density at radius 3 is 2.84 bits per heavy atom. The molecule has 5 nitrogen and oxygen atoms in total. The number of thioether (sulfide) groups is 1. The van der Waals surface area contributed by atoms with Gasteiger partial charge in [0.25, 0.3) is 0 Å². The number of carbonyl (C=O) groups excluding carboxylic acids is 2. The first-order chi connectivity index (χ1) is 8.95. The molecule has 8 heteroatoms. The van der Waals surface area contributed by atoms with E-state index < -0.39 is 5.25 Å². The van der Waals surface area contributed by atoms with E-state index >= 15 is 0 Å². The molecule has 1 atom stereocenters. The number of amides is 2. The van der Waals surface area contributed by atoms with Gasteiger partial charge in [0.15, 0.2) is 5.17 Å². The summed E-state index contributed by atoms with van der Waals surface area (Å²) < 4.78 is 0. The Hall–Kier alpha value is -1.24. The number of hydrogen-bond donors (Lipinski definition) is 3. The second-order valence-electron chi connectivity index (χ2n) is 3.80. The van der Waals surface area contributed by atoms with Crippen LogP contribution in [0, 0.1) is 5.41 Å². The van der Waals surface area contributed by atoms with Gasteiger partial charge < -0.3 is 10.6 Å². The fourth-order valence-electron chi connectivity index (χ4n) is 1.51. The molecule has 0 radical (unpaired) electrons. The minimum atomic E-state index is -0.631. The smallest absolute Gasteiger partial charge is 0.238 e. The Labute approximate surface area is 123 Å². The SMILES string of the molecule is N=C1NC(=O)CC(C(=O)Nc2ccc(Cl)cc2Cl)S1. The molecule has 0 bridgehead atoms. The molecule has 0 spiro atoms. The summed E-state index contributed by atoms with van der Waals surface area (Å²) in [5, 5.41) is 12.5. The second-order valence-corrected chi connectivity index (χ2v) is 5.86. The number of anilines is 1. The molecule has 1 aliphatic rings. The molecule has 0 aliphatic carbocycles. The highest BCUT2D eigenvalue weighted by Crippen LogP contribution is 2.27. The molecule has 19 heavy (non-hydrogen) atoms. The lowest BCUT2D eigenvalue weighted by Crippen LogP contribution is -2.41. The maximum absolute atomic E-state index is 12.0. The molecule has 2 amide bonds. The number of halogens is 2. The van der Waals surface area contributed by atoms with Gasteiger partial charge in [0, 0.05) is 11.4 Å². The number of hydrogen-bond acceptors (Lipinski definition) is 4. The molecular formula is C11H9Cl2N3O2S. The number of rotatable bonds is 2. The van der Waals surface area contributed by atoms with Gasteiger partial charge in [0.2, 0.25) is 11.8 Å². The first-order valence-corrected chi connectivity index (χ1v) is 6.90. The van der Waals surface area contributed by atoms with Crippen LogP contribution in [-0.4, -0.2) is 22.2 Å². The molecule has 3 N–H and O–H groups in total. The van der Waals surface area contributed by atoms with E-state index in [4.69, 9.17) is 28.6 Å². The molecule has 1 fully saturated rings. The van der Waals surface area contributed by atoms with Crippen molar-refractivity contribution in [3.63, 3.8) is 0 Å². The first kappa shape index (κ1) is 14.2. The standard InChI is InChI=1S/C11H9Cl2N3O2S/c12-5-1-2-7(6(13)3-5)15-10(18)8-4-9(17)16-11(14)19-8/h1-3,8H,4H2,(H,15,18)(H2,14,16,17). The average molecular weight is 318 g/mol. The van der Waals surface area contributed by atoms with Crippen molar-refractivity contribution >= 4 is 57.6 Å². The normalized spacial score (nSPS) is 18.9. The predicted octanol–water partition coefficient (Wildman–Crippen LogP) is 2.49. The van der Waals surface area contributed by atoms with Crippen LogP contribution in [0.4, 0.5) is 5.69 Å². The third kappa shape index (κ3) is 3.62. The highest BCUT2D eigenvalue weighted by atomic mass is 35.5. The highest BCUT2D eigenvalue weighted by molar-refractivity contribution is 8.15. The van der Waals surface area contributed by atoms with Gasteiger partial charge in [-0.05, 0) is 18.2 Å². The van der Waals surface area contributed by atoms with Crippen molar-refractivity contribution in [2.24, 2.45) is 0 Å². The van der Waals surface area contributed by atoms with Crippen molar-refractivity contribution in [1.82, 2.24) is 5.32 Å². The lowest BCUT2D eigenvalue weighted by atomic mass is 10.2. The van der Waals surface area contributed by atoms with Crippen molar-refractivity contribution in [2.75, 3.05) is 5.32 Å². The van der Waals surface area contributed by atoms with Crippen molar-refractivity contribution in [3.8, 4) is 0 Å². The van der Waals surface area contributed by atoms with E-state index in [1.807, 2.05) is 0 Å². The third-order valence-corrected chi connectivity index (χ3v) is 3.92. The van der Waals surface area contributed by atoms with E-state index in [9.17, 15) is 9.59 Å². The molecule has 1 aliphatic heterocycles. The summed E-state index contributed by atoms with van der Waals surface area (Å²) in [4.78, 5) is 23.3. The number of nitrogens with one attached hydrogen (secondary N) is 3. The fraction of sp³-hybridized carbons (Fsp3) is 0.182. The monoisotopic (exact) mass is 317 g/mol. The zero-order valence-electron chi connectivity index (χ0n) is 9.50. The lowest BCUT2D eigenvalue weighted by Gasteiger charge is -2.21. The van der Waals surface area contributed by atoms with Crippen LogP contribution in [0.2, 0.25) is 10.0 Å². The van der Waals surface area contributed by atoms with Crippen molar-refractivity contribution in [3.05, 3.63) is 28.2 Å². The van der Waals surface area contributed by atoms with Gasteiger partial charge in [-0.15, -0.1) is 0 Å². The van der Waals surface area contributed by atoms with Gasteiger partial charge in [-0.2, -0.15) is 0 Å². The molecule has 1 heterocycles. The maximum atomic E-state index is 12.0. The number of carbonyl (C=O) groups is 2. The van der Waals surface area contributed by atoms with Crippen LogP contribution in [0.1, 0.15) is 6.42 Å².